The highest BCUT2D eigenvalue weighted by molar-refractivity contribution is 6.31. The Hall–Kier alpha value is -1.83. The van der Waals surface area contributed by atoms with Gasteiger partial charge in [-0.15, -0.1) is 0 Å². The lowest BCUT2D eigenvalue weighted by Crippen LogP contribution is -2.28. The zero-order valence-corrected chi connectivity index (χ0v) is 16.2. The number of nitrogens with two attached hydrogens (primary N) is 1. The van der Waals surface area contributed by atoms with Crippen LogP contribution in [0.3, 0.4) is 0 Å². The molecule has 0 aliphatic heterocycles. The van der Waals surface area contributed by atoms with Gasteiger partial charge in [-0.25, -0.2) is 9.59 Å². The van der Waals surface area contributed by atoms with Gasteiger partial charge in [0.2, 0.25) is 0 Å². The molecule has 0 spiro atoms. The first-order chi connectivity index (χ1) is 12.3. The normalized spacial score (nSPS) is 10.2. The number of carboxylic acid groups (broad SMARTS) is 2. The number of hydrogen-bond acceptors (Lipinski definition) is 5. The van der Waals surface area contributed by atoms with Gasteiger partial charge >= 0.3 is 11.9 Å². The molecule has 26 heavy (non-hydrogen) atoms. The average Bonchev–Trinajstić information content (AvgIpc) is 2.61. The predicted molar refractivity (Wildman–Crippen MR) is 102 cm³/mol. The molecule has 0 radical (unpaired) electrons. The highest BCUT2D eigenvalue weighted by Gasteiger charge is 2.07. The van der Waals surface area contributed by atoms with E-state index in [2.05, 4.69) is 17.9 Å². The summed E-state index contributed by atoms with van der Waals surface area (Å²) in [6.45, 7) is 6.31. The Balaban J connectivity index is 0.000000896. The number of nitrogens with zero attached hydrogens (tertiary/aromatic N) is 1. The molecule has 1 aromatic carbocycles. The van der Waals surface area contributed by atoms with Crippen LogP contribution in [0.25, 0.3) is 0 Å². The van der Waals surface area contributed by atoms with Crippen molar-refractivity contribution in [3.05, 3.63) is 28.8 Å². The molecule has 4 N–H and O–H groups in total. The number of unbranched alkanes of at least 4 members (excludes halogenated alkanes) is 1. The number of carbonyl (C=O) groups is 2. The van der Waals surface area contributed by atoms with Crippen LogP contribution in [0, 0.1) is 0 Å². The van der Waals surface area contributed by atoms with E-state index in [-0.39, 0.29) is 0 Å². The number of carboxylic acids is 2. The van der Waals surface area contributed by atoms with Crippen LogP contribution in [0.2, 0.25) is 5.02 Å². The van der Waals surface area contributed by atoms with Crippen molar-refractivity contribution in [1.29, 1.82) is 0 Å². The summed E-state index contributed by atoms with van der Waals surface area (Å²) in [6.07, 6.45) is 4.43. The third-order valence-electron chi connectivity index (χ3n) is 3.61. The quantitative estimate of drug-likeness (QED) is 0.416. The van der Waals surface area contributed by atoms with Gasteiger partial charge in [0.15, 0.2) is 0 Å². The highest BCUT2D eigenvalue weighted by Crippen LogP contribution is 2.22. The van der Waals surface area contributed by atoms with Crippen LogP contribution in [-0.4, -0.2) is 60.3 Å². The van der Waals surface area contributed by atoms with Crippen molar-refractivity contribution in [3.63, 3.8) is 0 Å². The summed E-state index contributed by atoms with van der Waals surface area (Å²) in [5.41, 5.74) is 6.74. The second kappa shape index (κ2) is 14.4. The molecular weight excluding hydrogens is 360 g/mol. The first-order valence-corrected chi connectivity index (χ1v) is 8.94. The van der Waals surface area contributed by atoms with Gasteiger partial charge in [0.25, 0.3) is 0 Å². The lowest BCUT2D eigenvalue weighted by Gasteiger charge is -2.21. The maximum atomic E-state index is 9.10. The third-order valence-corrected chi connectivity index (χ3v) is 3.96. The molecule has 0 aliphatic carbocycles. The van der Waals surface area contributed by atoms with E-state index >= 15 is 0 Å². The largest absolute Gasteiger partial charge is 0.497 e. The topological polar surface area (TPSA) is 113 Å². The molecule has 0 saturated heterocycles. The molecular formula is C18H29ClN2O5. The van der Waals surface area contributed by atoms with Crippen molar-refractivity contribution in [2.75, 3.05) is 33.3 Å². The minimum atomic E-state index is -1.82. The summed E-state index contributed by atoms with van der Waals surface area (Å²) in [5, 5.41) is 15.6. The summed E-state index contributed by atoms with van der Waals surface area (Å²) in [5.74, 6) is -2.84. The summed E-state index contributed by atoms with van der Waals surface area (Å²) in [6, 6.07) is 5.92. The number of aliphatic carboxylic acids is 2. The molecule has 1 aromatic rings. The van der Waals surface area contributed by atoms with Gasteiger partial charge < -0.3 is 25.6 Å². The number of methoxy groups -OCH3 is 1. The standard InChI is InChI=1S/C16H27ClN2O.C2H2O4/c1-3-10-19(11-5-4-9-18)12-8-14-6-7-15(20-2)13-16(14)17;3-1(4)2(5)6/h6-7,13H,3-5,8-12,18H2,1-2H3;(H,3,4)(H,5,6). The molecule has 0 fully saturated rings. The van der Waals surface area contributed by atoms with E-state index in [4.69, 9.17) is 41.9 Å². The van der Waals surface area contributed by atoms with E-state index < -0.39 is 11.9 Å². The van der Waals surface area contributed by atoms with Crippen molar-refractivity contribution in [1.82, 2.24) is 4.90 Å². The Morgan fingerprint density at radius 2 is 1.81 bits per heavy atom. The molecule has 0 aromatic heterocycles. The number of hydrogen-bond donors (Lipinski definition) is 3. The number of benzene rings is 1. The third kappa shape index (κ3) is 10.9. The molecule has 7 nitrogen and oxygen atoms in total. The summed E-state index contributed by atoms with van der Waals surface area (Å²) in [4.78, 5) is 20.7. The predicted octanol–water partition coefficient (Wildman–Crippen LogP) is 2.50. The molecule has 0 atom stereocenters. The summed E-state index contributed by atoms with van der Waals surface area (Å²) >= 11 is 6.28. The van der Waals surface area contributed by atoms with Crippen molar-refractivity contribution >= 4 is 23.5 Å². The molecule has 8 heteroatoms. The van der Waals surface area contributed by atoms with Crippen LogP contribution in [0.4, 0.5) is 0 Å². The molecule has 0 heterocycles. The zero-order valence-electron chi connectivity index (χ0n) is 15.4. The van der Waals surface area contributed by atoms with Crippen molar-refractivity contribution in [3.8, 4) is 5.75 Å². The van der Waals surface area contributed by atoms with E-state index in [1.165, 1.54) is 18.4 Å². The Labute approximate surface area is 159 Å². The Kier molecular flexibility index (Phi) is 13.3. The van der Waals surface area contributed by atoms with Gasteiger partial charge in [-0.3, -0.25) is 0 Å². The molecule has 148 valence electrons. The Morgan fingerprint density at radius 3 is 2.27 bits per heavy atom. The van der Waals surface area contributed by atoms with Crippen LogP contribution >= 0.6 is 11.6 Å². The van der Waals surface area contributed by atoms with Gasteiger partial charge in [-0.05, 0) is 63.0 Å². The molecule has 0 unspecified atom stereocenters. The van der Waals surface area contributed by atoms with Crippen molar-refractivity contribution in [2.24, 2.45) is 5.73 Å². The second-order valence-corrected chi connectivity index (χ2v) is 6.06. The maximum absolute atomic E-state index is 9.10. The SMILES string of the molecule is CCCN(CCCCN)CCc1ccc(OC)cc1Cl.O=C(O)C(=O)O. The van der Waals surface area contributed by atoms with Crippen LogP contribution in [0.1, 0.15) is 31.7 Å². The molecule has 0 saturated carbocycles. The maximum Gasteiger partial charge on any atom is 0.414 e. The fourth-order valence-electron chi connectivity index (χ4n) is 2.27. The zero-order chi connectivity index (χ0) is 19.9. The fourth-order valence-corrected chi connectivity index (χ4v) is 2.53. The average molecular weight is 389 g/mol. The number of ether oxygens (including phenoxy) is 1. The minimum absolute atomic E-state index is 0.782. The van der Waals surface area contributed by atoms with Gasteiger partial charge in [-0.2, -0.15) is 0 Å². The molecule has 0 bridgehead atoms. The fraction of sp³-hybridized carbons (Fsp3) is 0.556. The van der Waals surface area contributed by atoms with E-state index in [1.54, 1.807) is 7.11 Å². The van der Waals surface area contributed by atoms with Gasteiger partial charge in [0.1, 0.15) is 5.75 Å². The van der Waals surface area contributed by atoms with E-state index in [1.807, 2.05) is 12.1 Å². The van der Waals surface area contributed by atoms with Gasteiger partial charge in [-0.1, -0.05) is 24.6 Å². The van der Waals surface area contributed by atoms with Crippen LogP contribution < -0.4 is 10.5 Å². The monoisotopic (exact) mass is 388 g/mol. The minimum Gasteiger partial charge on any atom is -0.497 e. The first kappa shape index (κ1) is 24.2. The van der Waals surface area contributed by atoms with Crippen molar-refractivity contribution in [2.45, 2.75) is 32.6 Å². The number of halogens is 1. The highest BCUT2D eigenvalue weighted by atomic mass is 35.5. The molecule has 0 amide bonds. The smallest absolute Gasteiger partial charge is 0.414 e. The van der Waals surface area contributed by atoms with Crippen molar-refractivity contribution < 1.29 is 24.5 Å². The van der Waals surface area contributed by atoms with Crippen LogP contribution in [0.15, 0.2) is 18.2 Å². The van der Waals surface area contributed by atoms with Gasteiger partial charge in [0, 0.05) is 11.6 Å². The lowest BCUT2D eigenvalue weighted by atomic mass is 10.1. The second-order valence-electron chi connectivity index (χ2n) is 5.66. The molecule has 1 rings (SSSR count). The van der Waals surface area contributed by atoms with E-state index in [0.717, 1.165) is 49.8 Å². The molecule has 0 aliphatic rings. The van der Waals surface area contributed by atoms with E-state index in [9.17, 15) is 0 Å². The lowest BCUT2D eigenvalue weighted by molar-refractivity contribution is -0.159. The summed E-state index contributed by atoms with van der Waals surface area (Å²) < 4.78 is 5.17. The number of rotatable bonds is 10. The first-order valence-electron chi connectivity index (χ1n) is 8.56. The van der Waals surface area contributed by atoms with E-state index in [0.29, 0.717) is 0 Å². The van der Waals surface area contributed by atoms with Gasteiger partial charge in [0.05, 0.1) is 7.11 Å². The Bertz CT molecular complexity index is 542. The van der Waals surface area contributed by atoms with Crippen LogP contribution in [-0.2, 0) is 16.0 Å². The Morgan fingerprint density at radius 1 is 1.15 bits per heavy atom. The van der Waals surface area contributed by atoms with Crippen LogP contribution in [0.5, 0.6) is 5.75 Å². The summed E-state index contributed by atoms with van der Waals surface area (Å²) in [7, 11) is 1.66.